The summed E-state index contributed by atoms with van der Waals surface area (Å²) in [5.74, 6) is 0. The van der Waals surface area contributed by atoms with Gasteiger partial charge in [-0.2, -0.15) is 0 Å². The van der Waals surface area contributed by atoms with Gasteiger partial charge in [-0.1, -0.05) is 46.3 Å². The van der Waals surface area contributed by atoms with Crippen molar-refractivity contribution in [3.05, 3.63) is 74.5 Å². The zero-order valence-electron chi connectivity index (χ0n) is 11.4. The maximum Gasteiger partial charge on any atom is 0.0976 e. The maximum absolute atomic E-state index is 5.70. The number of halogens is 1. The van der Waals surface area contributed by atoms with Crippen molar-refractivity contribution in [2.45, 2.75) is 13.0 Å². The van der Waals surface area contributed by atoms with Gasteiger partial charge in [-0.15, -0.1) is 11.3 Å². The summed E-state index contributed by atoms with van der Waals surface area (Å²) < 4.78 is 1.10. The molecule has 0 atom stereocenters. The lowest BCUT2D eigenvalue weighted by atomic mass is 10.1. The van der Waals surface area contributed by atoms with Gasteiger partial charge < -0.3 is 5.73 Å². The van der Waals surface area contributed by atoms with Crippen molar-refractivity contribution >= 4 is 27.3 Å². The quantitative estimate of drug-likeness (QED) is 0.738. The molecule has 0 unspecified atom stereocenters. The van der Waals surface area contributed by atoms with E-state index in [0.29, 0.717) is 6.54 Å². The first-order chi connectivity index (χ1) is 10.2. The first kappa shape index (κ1) is 14.4. The molecule has 3 rings (SSSR count). The molecule has 0 saturated heterocycles. The van der Waals surface area contributed by atoms with E-state index in [1.54, 1.807) is 11.3 Å². The van der Waals surface area contributed by atoms with Crippen LogP contribution in [0.1, 0.15) is 16.1 Å². The van der Waals surface area contributed by atoms with Crippen molar-refractivity contribution in [1.29, 1.82) is 0 Å². The third kappa shape index (κ3) is 3.59. The number of thiazole rings is 1. The Kier molecular flexibility index (Phi) is 4.48. The van der Waals surface area contributed by atoms with E-state index in [1.165, 1.54) is 5.56 Å². The van der Waals surface area contributed by atoms with Gasteiger partial charge in [0.15, 0.2) is 0 Å². The Hall–Kier alpha value is -1.49. The van der Waals surface area contributed by atoms with E-state index in [9.17, 15) is 0 Å². The van der Waals surface area contributed by atoms with Crippen molar-refractivity contribution in [2.24, 2.45) is 5.73 Å². The minimum atomic E-state index is 0.558. The Morgan fingerprint density at radius 1 is 1.05 bits per heavy atom. The first-order valence-corrected chi connectivity index (χ1v) is 8.40. The standard InChI is InChI=1S/C17H15BrN2S/c18-15-6-2-3-12(8-15)9-17-20-16(11-21-17)14-5-1-4-13(7-14)10-19/h1-8,11H,9-10,19H2. The van der Waals surface area contributed by atoms with Crippen LogP contribution in [0.5, 0.6) is 0 Å². The van der Waals surface area contributed by atoms with Crippen LogP contribution in [0, 0.1) is 0 Å². The number of aromatic nitrogens is 1. The van der Waals surface area contributed by atoms with Crippen LogP contribution in [0.3, 0.4) is 0 Å². The van der Waals surface area contributed by atoms with E-state index >= 15 is 0 Å². The predicted octanol–water partition coefficient (Wildman–Crippen LogP) is 4.62. The van der Waals surface area contributed by atoms with Crippen LogP contribution >= 0.6 is 27.3 Å². The second kappa shape index (κ2) is 6.52. The Morgan fingerprint density at radius 2 is 1.86 bits per heavy atom. The number of hydrogen-bond acceptors (Lipinski definition) is 3. The predicted molar refractivity (Wildman–Crippen MR) is 92.4 cm³/mol. The van der Waals surface area contributed by atoms with E-state index in [-0.39, 0.29) is 0 Å². The van der Waals surface area contributed by atoms with Crippen LogP contribution < -0.4 is 5.73 Å². The van der Waals surface area contributed by atoms with Gasteiger partial charge in [-0.25, -0.2) is 4.98 Å². The van der Waals surface area contributed by atoms with Gasteiger partial charge in [0.1, 0.15) is 0 Å². The molecule has 1 aromatic heterocycles. The molecule has 0 fully saturated rings. The van der Waals surface area contributed by atoms with Crippen LogP contribution in [0.15, 0.2) is 58.4 Å². The highest BCUT2D eigenvalue weighted by Gasteiger charge is 2.06. The summed E-state index contributed by atoms with van der Waals surface area (Å²) in [5.41, 5.74) is 10.3. The zero-order valence-corrected chi connectivity index (χ0v) is 13.8. The molecule has 0 amide bonds. The van der Waals surface area contributed by atoms with Gasteiger partial charge in [0.25, 0.3) is 0 Å². The largest absolute Gasteiger partial charge is 0.326 e. The van der Waals surface area contributed by atoms with Crippen molar-refractivity contribution in [2.75, 3.05) is 0 Å². The lowest BCUT2D eigenvalue weighted by molar-refractivity contribution is 1.07. The first-order valence-electron chi connectivity index (χ1n) is 6.73. The molecule has 0 aliphatic heterocycles. The number of rotatable bonds is 4. The molecule has 0 radical (unpaired) electrons. The van der Waals surface area contributed by atoms with Gasteiger partial charge in [0, 0.05) is 28.4 Å². The molecule has 4 heteroatoms. The molecule has 0 aliphatic carbocycles. The lowest BCUT2D eigenvalue weighted by Crippen LogP contribution is -1.95. The van der Waals surface area contributed by atoms with Crippen molar-refractivity contribution in [3.8, 4) is 11.3 Å². The summed E-state index contributed by atoms with van der Waals surface area (Å²) in [7, 11) is 0. The van der Waals surface area contributed by atoms with Gasteiger partial charge in [-0.3, -0.25) is 0 Å². The number of hydrogen-bond donors (Lipinski definition) is 1. The highest BCUT2D eigenvalue weighted by Crippen LogP contribution is 2.24. The molecule has 106 valence electrons. The fourth-order valence-electron chi connectivity index (χ4n) is 2.20. The van der Waals surface area contributed by atoms with Crippen LogP contribution in [0.2, 0.25) is 0 Å². The van der Waals surface area contributed by atoms with Gasteiger partial charge >= 0.3 is 0 Å². The number of nitrogens with zero attached hydrogens (tertiary/aromatic N) is 1. The van der Waals surface area contributed by atoms with Crippen LogP contribution in [0.4, 0.5) is 0 Å². The topological polar surface area (TPSA) is 38.9 Å². The number of nitrogens with two attached hydrogens (primary N) is 1. The van der Waals surface area contributed by atoms with Gasteiger partial charge in [0.2, 0.25) is 0 Å². The minimum Gasteiger partial charge on any atom is -0.326 e. The fourth-order valence-corrected chi connectivity index (χ4v) is 3.49. The zero-order chi connectivity index (χ0) is 14.7. The average Bonchev–Trinajstić information content (AvgIpc) is 2.96. The van der Waals surface area contributed by atoms with Crippen molar-refractivity contribution in [1.82, 2.24) is 4.98 Å². The fraction of sp³-hybridized carbons (Fsp3) is 0.118. The molecular weight excluding hydrogens is 344 g/mol. The van der Waals surface area contributed by atoms with Crippen molar-refractivity contribution < 1.29 is 0 Å². The summed E-state index contributed by atoms with van der Waals surface area (Å²) in [4.78, 5) is 4.74. The van der Waals surface area contributed by atoms with E-state index in [4.69, 9.17) is 10.7 Å². The molecule has 21 heavy (non-hydrogen) atoms. The van der Waals surface area contributed by atoms with Gasteiger partial charge in [-0.05, 0) is 29.3 Å². The van der Waals surface area contributed by atoms with Gasteiger partial charge in [0.05, 0.1) is 10.7 Å². The monoisotopic (exact) mass is 358 g/mol. The third-order valence-electron chi connectivity index (χ3n) is 3.25. The van der Waals surface area contributed by atoms with Crippen LogP contribution in [-0.2, 0) is 13.0 Å². The van der Waals surface area contributed by atoms with E-state index in [2.05, 4.69) is 51.6 Å². The Balaban J connectivity index is 1.82. The average molecular weight is 359 g/mol. The summed E-state index contributed by atoms with van der Waals surface area (Å²) >= 11 is 5.21. The Bertz CT molecular complexity index is 752. The molecule has 3 aromatic rings. The lowest BCUT2D eigenvalue weighted by Gasteiger charge is -2.01. The Labute approximate surface area is 136 Å². The van der Waals surface area contributed by atoms with Crippen LogP contribution in [0.25, 0.3) is 11.3 Å². The summed E-state index contributed by atoms with van der Waals surface area (Å²) in [6.07, 6.45) is 0.862. The smallest absolute Gasteiger partial charge is 0.0976 e. The summed E-state index contributed by atoms with van der Waals surface area (Å²) in [5, 5.41) is 3.24. The van der Waals surface area contributed by atoms with Crippen molar-refractivity contribution in [3.63, 3.8) is 0 Å². The molecule has 0 spiro atoms. The molecule has 1 heterocycles. The normalized spacial score (nSPS) is 10.8. The number of benzene rings is 2. The second-order valence-electron chi connectivity index (χ2n) is 4.84. The second-order valence-corrected chi connectivity index (χ2v) is 6.70. The molecule has 0 bridgehead atoms. The molecule has 2 nitrogen and oxygen atoms in total. The highest BCUT2D eigenvalue weighted by atomic mass is 79.9. The molecule has 2 N–H and O–H groups in total. The molecule has 2 aromatic carbocycles. The maximum atomic E-state index is 5.70. The SMILES string of the molecule is NCc1cccc(-c2csc(Cc3cccc(Br)c3)n2)c1. The highest BCUT2D eigenvalue weighted by molar-refractivity contribution is 9.10. The molecule has 0 saturated carbocycles. The van der Waals surface area contributed by atoms with E-state index in [1.807, 2.05) is 18.2 Å². The minimum absolute atomic E-state index is 0.558. The Morgan fingerprint density at radius 3 is 2.67 bits per heavy atom. The molecular formula is C17H15BrN2S. The van der Waals surface area contributed by atoms with E-state index < -0.39 is 0 Å². The summed E-state index contributed by atoms with van der Waals surface area (Å²) in [6.45, 7) is 0.558. The summed E-state index contributed by atoms with van der Waals surface area (Å²) in [6, 6.07) is 16.6. The van der Waals surface area contributed by atoms with E-state index in [0.717, 1.165) is 32.7 Å². The molecule has 0 aliphatic rings. The third-order valence-corrected chi connectivity index (χ3v) is 4.60. The van der Waals surface area contributed by atoms with Crippen LogP contribution in [-0.4, -0.2) is 4.98 Å².